The van der Waals surface area contributed by atoms with Crippen LogP contribution < -0.4 is 11.1 Å². The van der Waals surface area contributed by atoms with E-state index in [1.807, 2.05) is 0 Å². The zero-order valence-corrected chi connectivity index (χ0v) is 9.44. The van der Waals surface area contributed by atoms with Crippen LogP contribution >= 0.6 is 0 Å². The number of nitrogens with two attached hydrogens (primary N) is 1. The zero-order chi connectivity index (χ0) is 11.4. The normalized spacial score (nSPS) is 23.7. The molecule has 1 saturated heterocycles. The average Bonchev–Trinajstić information content (AvgIpc) is 2.21. The third-order valence-electron chi connectivity index (χ3n) is 3.28. The van der Waals surface area contributed by atoms with Crippen LogP contribution in [-0.4, -0.2) is 55.2 Å². The number of piperidine rings is 1. The molecule has 2 atom stereocenters. The quantitative estimate of drug-likeness (QED) is 0.579. The van der Waals surface area contributed by atoms with Crippen molar-refractivity contribution in [2.45, 2.75) is 24.9 Å². The molecule has 0 saturated carbocycles. The molecule has 2 unspecified atom stereocenters. The van der Waals surface area contributed by atoms with Gasteiger partial charge < -0.3 is 21.1 Å². The molecule has 1 heterocycles. The first-order valence-electron chi connectivity index (χ1n) is 5.40. The van der Waals surface area contributed by atoms with Crippen LogP contribution in [0.1, 0.15) is 12.8 Å². The van der Waals surface area contributed by atoms with Crippen LogP contribution in [0.4, 0.5) is 0 Å². The first kappa shape index (κ1) is 12.4. The van der Waals surface area contributed by atoms with Crippen LogP contribution in [0.3, 0.4) is 0 Å². The molecule has 0 spiro atoms. The van der Waals surface area contributed by atoms with Crippen molar-refractivity contribution in [2.24, 2.45) is 11.7 Å². The standard InChI is InChI=1S/C10H21N3O2/c1-12-9(8(11)10(14)15)7-3-5-13(2)6-4-7/h7-9,12H,3-6,11H2,1-2H3,(H,14,15). The fraction of sp³-hybridized carbons (Fsp3) is 0.900. The Balaban J connectivity index is 2.55. The second kappa shape index (κ2) is 5.44. The van der Waals surface area contributed by atoms with Gasteiger partial charge in [0.1, 0.15) is 6.04 Å². The molecule has 1 aliphatic heterocycles. The number of likely N-dealkylation sites (tertiary alicyclic amines) is 1. The highest BCUT2D eigenvalue weighted by molar-refractivity contribution is 5.74. The summed E-state index contributed by atoms with van der Waals surface area (Å²) in [5.41, 5.74) is 5.66. The van der Waals surface area contributed by atoms with Gasteiger partial charge in [-0.15, -0.1) is 0 Å². The van der Waals surface area contributed by atoms with Crippen LogP contribution in [0.25, 0.3) is 0 Å². The van der Waals surface area contributed by atoms with Crippen molar-refractivity contribution in [3.63, 3.8) is 0 Å². The number of aliphatic carboxylic acids is 1. The molecule has 0 aromatic heterocycles. The van der Waals surface area contributed by atoms with Crippen molar-refractivity contribution in [3.05, 3.63) is 0 Å². The third kappa shape index (κ3) is 3.15. The van der Waals surface area contributed by atoms with Gasteiger partial charge in [-0.2, -0.15) is 0 Å². The lowest BCUT2D eigenvalue weighted by Crippen LogP contribution is -2.54. The van der Waals surface area contributed by atoms with E-state index in [-0.39, 0.29) is 6.04 Å². The molecule has 5 nitrogen and oxygen atoms in total. The summed E-state index contributed by atoms with van der Waals surface area (Å²) < 4.78 is 0. The van der Waals surface area contributed by atoms with E-state index in [0.717, 1.165) is 25.9 Å². The number of hydrogen-bond donors (Lipinski definition) is 3. The highest BCUT2D eigenvalue weighted by Crippen LogP contribution is 2.21. The molecule has 0 bridgehead atoms. The number of carbonyl (C=O) groups is 1. The lowest BCUT2D eigenvalue weighted by atomic mass is 9.86. The van der Waals surface area contributed by atoms with Crippen molar-refractivity contribution < 1.29 is 9.90 Å². The lowest BCUT2D eigenvalue weighted by molar-refractivity contribution is -0.139. The van der Waals surface area contributed by atoms with E-state index in [4.69, 9.17) is 10.8 Å². The largest absolute Gasteiger partial charge is 0.480 e. The first-order chi connectivity index (χ1) is 7.06. The Morgan fingerprint density at radius 3 is 2.47 bits per heavy atom. The van der Waals surface area contributed by atoms with Gasteiger partial charge in [-0.05, 0) is 45.9 Å². The first-order valence-corrected chi connectivity index (χ1v) is 5.40. The van der Waals surface area contributed by atoms with Crippen molar-refractivity contribution in [1.82, 2.24) is 10.2 Å². The Morgan fingerprint density at radius 2 is 2.07 bits per heavy atom. The van der Waals surface area contributed by atoms with Crippen molar-refractivity contribution in [1.29, 1.82) is 0 Å². The number of nitrogens with zero attached hydrogens (tertiary/aromatic N) is 1. The van der Waals surface area contributed by atoms with E-state index in [0.29, 0.717) is 5.92 Å². The molecule has 1 fully saturated rings. The molecule has 5 heteroatoms. The van der Waals surface area contributed by atoms with Gasteiger partial charge in [0.2, 0.25) is 0 Å². The molecule has 0 amide bonds. The molecular weight excluding hydrogens is 194 g/mol. The maximum atomic E-state index is 10.8. The summed E-state index contributed by atoms with van der Waals surface area (Å²) in [5, 5.41) is 11.9. The highest BCUT2D eigenvalue weighted by atomic mass is 16.4. The predicted molar refractivity (Wildman–Crippen MR) is 58.7 cm³/mol. The Hall–Kier alpha value is -0.650. The number of nitrogens with one attached hydrogen (secondary N) is 1. The SMILES string of the molecule is CNC(C1CCN(C)CC1)C(N)C(=O)O. The molecule has 1 rings (SSSR count). The topological polar surface area (TPSA) is 78.6 Å². The van der Waals surface area contributed by atoms with Crippen LogP contribution in [-0.2, 0) is 4.79 Å². The Labute approximate surface area is 90.6 Å². The molecule has 0 aliphatic carbocycles. The van der Waals surface area contributed by atoms with Gasteiger partial charge in [0.25, 0.3) is 0 Å². The Kier molecular flexibility index (Phi) is 4.50. The van der Waals surface area contributed by atoms with Gasteiger partial charge in [0.15, 0.2) is 0 Å². The van der Waals surface area contributed by atoms with E-state index < -0.39 is 12.0 Å². The van der Waals surface area contributed by atoms with Gasteiger partial charge >= 0.3 is 5.97 Å². The molecule has 4 N–H and O–H groups in total. The molecule has 1 aliphatic rings. The summed E-state index contributed by atoms with van der Waals surface area (Å²) in [7, 11) is 3.87. The smallest absolute Gasteiger partial charge is 0.322 e. The van der Waals surface area contributed by atoms with Crippen molar-refractivity contribution in [2.75, 3.05) is 27.2 Å². The summed E-state index contributed by atoms with van der Waals surface area (Å²) in [5.74, 6) is -0.550. The maximum absolute atomic E-state index is 10.8. The summed E-state index contributed by atoms with van der Waals surface area (Å²) in [6, 6.07) is -0.917. The minimum atomic E-state index is -0.923. The van der Waals surface area contributed by atoms with E-state index in [9.17, 15) is 4.79 Å². The number of likely N-dealkylation sites (N-methyl/N-ethyl adjacent to an activating group) is 1. The Bertz CT molecular complexity index is 215. The second-order valence-electron chi connectivity index (χ2n) is 4.32. The van der Waals surface area contributed by atoms with Crippen LogP contribution in [0.5, 0.6) is 0 Å². The molecule has 15 heavy (non-hydrogen) atoms. The van der Waals surface area contributed by atoms with Crippen molar-refractivity contribution in [3.8, 4) is 0 Å². The molecule has 0 aromatic rings. The monoisotopic (exact) mass is 215 g/mol. The number of hydrogen-bond acceptors (Lipinski definition) is 4. The summed E-state index contributed by atoms with van der Waals surface area (Å²) in [6.45, 7) is 2.05. The van der Waals surface area contributed by atoms with Gasteiger partial charge in [0.05, 0.1) is 0 Å². The fourth-order valence-electron chi connectivity index (χ4n) is 2.25. The van der Waals surface area contributed by atoms with Crippen LogP contribution in [0.15, 0.2) is 0 Å². The van der Waals surface area contributed by atoms with E-state index in [1.165, 1.54) is 0 Å². The Morgan fingerprint density at radius 1 is 1.53 bits per heavy atom. The van der Waals surface area contributed by atoms with Gasteiger partial charge in [0, 0.05) is 6.04 Å². The minimum Gasteiger partial charge on any atom is -0.480 e. The summed E-state index contributed by atoms with van der Waals surface area (Å²) >= 11 is 0. The minimum absolute atomic E-state index is 0.115. The molecule has 0 radical (unpaired) electrons. The van der Waals surface area contributed by atoms with E-state index in [1.54, 1.807) is 7.05 Å². The number of carboxylic acid groups (broad SMARTS) is 1. The highest BCUT2D eigenvalue weighted by Gasteiger charge is 2.31. The molecule has 0 aromatic carbocycles. The number of carboxylic acids is 1. The fourth-order valence-corrected chi connectivity index (χ4v) is 2.25. The van der Waals surface area contributed by atoms with E-state index in [2.05, 4.69) is 17.3 Å². The zero-order valence-electron chi connectivity index (χ0n) is 9.44. The predicted octanol–water partition coefficient (Wildman–Crippen LogP) is -0.672. The van der Waals surface area contributed by atoms with Gasteiger partial charge in [-0.25, -0.2) is 0 Å². The van der Waals surface area contributed by atoms with Crippen molar-refractivity contribution >= 4 is 5.97 Å². The van der Waals surface area contributed by atoms with E-state index >= 15 is 0 Å². The van der Waals surface area contributed by atoms with Crippen LogP contribution in [0.2, 0.25) is 0 Å². The lowest BCUT2D eigenvalue weighted by Gasteiger charge is -2.35. The van der Waals surface area contributed by atoms with Gasteiger partial charge in [-0.1, -0.05) is 0 Å². The van der Waals surface area contributed by atoms with Gasteiger partial charge in [-0.3, -0.25) is 4.79 Å². The average molecular weight is 215 g/mol. The van der Waals surface area contributed by atoms with Crippen LogP contribution in [0, 0.1) is 5.92 Å². The number of rotatable bonds is 4. The summed E-state index contributed by atoms with van der Waals surface area (Å²) in [4.78, 5) is 13.1. The maximum Gasteiger partial charge on any atom is 0.322 e. The summed E-state index contributed by atoms with van der Waals surface area (Å²) in [6.07, 6.45) is 2.03. The molecular formula is C10H21N3O2. The second-order valence-corrected chi connectivity index (χ2v) is 4.32. The third-order valence-corrected chi connectivity index (χ3v) is 3.28. The molecule has 88 valence electrons.